The Balaban J connectivity index is 0.730. The van der Waals surface area contributed by atoms with Crippen molar-refractivity contribution in [1.29, 1.82) is 0 Å². The molecule has 1 atom stereocenters. The van der Waals surface area contributed by atoms with E-state index in [9.17, 15) is 23.2 Å². The highest BCUT2D eigenvalue weighted by molar-refractivity contribution is 6.08. The van der Waals surface area contributed by atoms with Gasteiger partial charge in [-0.1, -0.05) is 12.1 Å². The highest BCUT2D eigenvalue weighted by Crippen LogP contribution is 2.37. The van der Waals surface area contributed by atoms with Crippen molar-refractivity contribution in [1.82, 2.24) is 54.2 Å². The number of alkyl halides is 2. The average Bonchev–Trinajstić information content (AvgIpc) is 4.11. The number of nitrogens with zero attached hydrogens (tertiary/aromatic N) is 11. The minimum Gasteiger partial charge on any atom is -0.378 e. The van der Waals surface area contributed by atoms with Crippen molar-refractivity contribution in [2.75, 3.05) is 56.2 Å². The summed E-state index contributed by atoms with van der Waals surface area (Å²) in [5, 5.41) is 23.9. The molecule has 318 valence electrons. The number of fused-ring (bicyclic) bond motifs is 2. The van der Waals surface area contributed by atoms with Gasteiger partial charge in [-0.15, -0.1) is 0 Å². The van der Waals surface area contributed by atoms with Crippen LogP contribution in [-0.4, -0.2) is 112 Å². The number of likely N-dealkylation sites (tertiary alicyclic amines) is 1. The summed E-state index contributed by atoms with van der Waals surface area (Å²) >= 11 is 0. The molecule has 3 saturated heterocycles. The number of hydrogen-bond acceptors (Lipinski definition) is 11. The molecule has 4 fully saturated rings. The van der Waals surface area contributed by atoms with Crippen molar-refractivity contribution in [3.63, 3.8) is 0 Å². The number of amides is 3. The SMILES string of the molecule is O=C1CCC(n2ncc3c(-c4cnn(C5CCN(CC6CCC(n7cc(NC(=O)c8cnn9ccc(N%10CCOCC%10)nc89)c(C(F)F)n7)CC6)CC5)c4)cccc32)C(=O)N1. The third-order valence-electron chi connectivity index (χ3n) is 12.8. The van der Waals surface area contributed by atoms with Gasteiger partial charge in [-0.25, -0.2) is 18.3 Å². The molecule has 1 saturated carbocycles. The van der Waals surface area contributed by atoms with Crippen molar-refractivity contribution in [2.45, 2.75) is 75.9 Å². The first-order chi connectivity index (χ1) is 29.8. The predicted octanol–water partition coefficient (Wildman–Crippen LogP) is 5.21. The van der Waals surface area contributed by atoms with Gasteiger partial charge in [0.25, 0.3) is 18.2 Å². The molecule has 0 spiro atoms. The minimum absolute atomic E-state index is 0.00377. The molecule has 8 heterocycles. The third kappa shape index (κ3) is 7.75. The van der Waals surface area contributed by atoms with Crippen LogP contribution < -0.4 is 15.5 Å². The van der Waals surface area contributed by atoms with Crippen molar-refractivity contribution < 1.29 is 27.9 Å². The molecule has 4 aliphatic rings. The smallest absolute Gasteiger partial charge is 0.284 e. The summed E-state index contributed by atoms with van der Waals surface area (Å²) in [6.07, 6.45) is 13.8. The molecule has 0 radical (unpaired) electrons. The number of morpholine rings is 1. The number of aromatic nitrogens is 9. The van der Waals surface area contributed by atoms with Crippen molar-refractivity contribution in [3.8, 4) is 11.1 Å². The Kier molecular flexibility index (Phi) is 10.5. The lowest BCUT2D eigenvalue weighted by molar-refractivity contribution is -0.135. The van der Waals surface area contributed by atoms with Crippen molar-refractivity contribution >= 4 is 45.8 Å². The molecule has 1 aliphatic carbocycles. The van der Waals surface area contributed by atoms with Crippen LogP contribution in [-0.2, 0) is 14.3 Å². The lowest BCUT2D eigenvalue weighted by Crippen LogP contribution is -2.42. The van der Waals surface area contributed by atoms with Gasteiger partial charge in [-0.3, -0.25) is 33.7 Å². The fourth-order valence-electron chi connectivity index (χ4n) is 9.51. The Morgan fingerprint density at radius 3 is 2.48 bits per heavy atom. The van der Waals surface area contributed by atoms with E-state index in [-0.39, 0.29) is 41.6 Å². The molecular formula is C42H47F2N13O4. The topological polar surface area (TPSA) is 175 Å². The summed E-state index contributed by atoms with van der Waals surface area (Å²) in [5.74, 6) is 0.0494. The second-order valence-corrected chi connectivity index (χ2v) is 16.6. The van der Waals surface area contributed by atoms with Gasteiger partial charge in [0, 0.05) is 68.7 Å². The second-order valence-electron chi connectivity index (χ2n) is 16.6. The van der Waals surface area contributed by atoms with Crippen LogP contribution in [0.15, 0.2) is 61.4 Å². The van der Waals surface area contributed by atoms with Crippen LogP contribution in [0.4, 0.5) is 20.3 Å². The average molecular weight is 836 g/mol. The fraction of sp³-hybridized carbons (Fsp3) is 0.476. The van der Waals surface area contributed by atoms with Gasteiger partial charge < -0.3 is 19.9 Å². The number of carbonyl (C=O) groups is 3. The Bertz CT molecular complexity index is 2580. The van der Waals surface area contributed by atoms with Crippen LogP contribution in [0, 0.1) is 5.92 Å². The zero-order chi connectivity index (χ0) is 41.6. The van der Waals surface area contributed by atoms with Crippen molar-refractivity contribution in [3.05, 3.63) is 72.7 Å². The maximum absolute atomic E-state index is 14.3. The summed E-state index contributed by atoms with van der Waals surface area (Å²) in [6, 6.07) is 7.51. The van der Waals surface area contributed by atoms with Gasteiger partial charge in [-0.05, 0) is 68.6 Å². The largest absolute Gasteiger partial charge is 0.378 e. The quantitative estimate of drug-likeness (QED) is 0.174. The van der Waals surface area contributed by atoms with E-state index in [1.54, 1.807) is 28.0 Å². The first kappa shape index (κ1) is 39.1. The van der Waals surface area contributed by atoms with E-state index in [0.717, 1.165) is 80.2 Å². The molecule has 6 aromatic rings. The molecule has 1 aromatic carbocycles. The monoisotopic (exact) mass is 835 g/mol. The predicted molar refractivity (Wildman–Crippen MR) is 219 cm³/mol. The molecule has 1 unspecified atom stereocenters. The zero-order valence-electron chi connectivity index (χ0n) is 33.6. The molecule has 2 N–H and O–H groups in total. The Morgan fingerprint density at radius 1 is 0.885 bits per heavy atom. The highest BCUT2D eigenvalue weighted by Gasteiger charge is 2.32. The van der Waals surface area contributed by atoms with E-state index in [0.29, 0.717) is 50.1 Å². The Hall–Kier alpha value is -6.08. The molecular weight excluding hydrogens is 789 g/mol. The van der Waals surface area contributed by atoms with Gasteiger partial charge in [-0.2, -0.15) is 20.4 Å². The third-order valence-corrected chi connectivity index (χ3v) is 12.8. The zero-order valence-corrected chi connectivity index (χ0v) is 33.6. The standard InChI is InChI=1S/C42H47F2N13O4/c43-39(44)38-33(48-41(59)32-22-46-54-15-12-36(49-40(32)54)53-16-18-61-19-17-53)25-56(51-38)28-6-4-26(5-7-28)23-52-13-10-29(11-14-52)55-24-27(20-45-55)30-2-1-3-34-31(30)21-47-57(34)35-8-9-37(58)50-42(35)60/h1-3,12,15,20-22,24-26,28-29,35,39H,4-11,13-14,16-19,23H2,(H,48,59)(H,50,58,60). The maximum atomic E-state index is 14.3. The van der Waals surface area contributed by atoms with E-state index in [1.165, 1.54) is 10.7 Å². The Labute approximate surface area is 349 Å². The van der Waals surface area contributed by atoms with Crippen LogP contribution >= 0.6 is 0 Å². The van der Waals surface area contributed by atoms with E-state index in [1.807, 2.05) is 30.5 Å². The van der Waals surface area contributed by atoms with Gasteiger partial charge in [0.05, 0.1) is 55.1 Å². The van der Waals surface area contributed by atoms with Gasteiger partial charge in [0.2, 0.25) is 5.91 Å². The summed E-state index contributed by atoms with van der Waals surface area (Å²) < 4.78 is 40.9. The molecule has 19 heteroatoms. The van der Waals surface area contributed by atoms with Crippen LogP contribution in [0.25, 0.3) is 27.7 Å². The number of rotatable bonds is 10. The van der Waals surface area contributed by atoms with Gasteiger partial charge in [0.1, 0.15) is 17.4 Å². The summed E-state index contributed by atoms with van der Waals surface area (Å²) in [6.45, 7) is 5.45. The lowest BCUT2D eigenvalue weighted by atomic mass is 9.85. The number of piperidine rings is 2. The maximum Gasteiger partial charge on any atom is 0.284 e. The number of hydrogen-bond donors (Lipinski definition) is 2. The van der Waals surface area contributed by atoms with E-state index in [2.05, 4.69) is 51.6 Å². The summed E-state index contributed by atoms with van der Waals surface area (Å²) in [4.78, 5) is 47.1. The van der Waals surface area contributed by atoms with E-state index >= 15 is 0 Å². The summed E-state index contributed by atoms with van der Waals surface area (Å²) in [5.41, 5.74) is 2.91. The fourth-order valence-corrected chi connectivity index (χ4v) is 9.51. The number of benzene rings is 1. The number of imide groups is 1. The second kappa shape index (κ2) is 16.4. The van der Waals surface area contributed by atoms with Crippen LogP contribution in [0.1, 0.15) is 92.0 Å². The first-order valence-corrected chi connectivity index (χ1v) is 21.2. The van der Waals surface area contributed by atoms with Gasteiger partial charge >= 0.3 is 0 Å². The molecule has 17 nitrogen and oxygen atoms in total. The molecule has 61 heavy (non-hydrogen) atoms. The minimum atomic E-state index is -2.86. The first-order valence-electron chi connectivity index (χ1n) is 21.2. The van der Waals surface area contributed by atoms with E-state index in [4.69, 9.17) is 9.84 Å². The molecule has 10 rings (SSSR count). The normalized spacial score (nSPS) is 22.1. The molecule has 5 aromatic heterocycles. The molecule has 3 aliphatic heterocycles. The summed E-state index contributed by atoms with van der Waals surface area (Å²) in [7, 11) is 0. The van der Waals surface area contributed by atoms with Crippen molar-refractivity contribution in [2.24, 2.45) is 5.92 Å². The number of anilines is 2. The Morgan fingerprint density at radius 2 is 1.69 bits per heavy atom. The highest BCUT2D eigenvalue weighted by atomic mass is 19.3. The number of carbonyl (C=O) groups excluding carboxylic acids is 3. The lowest BCUT2D eigenvalue weighted by Gasteiger charge is -2.36. The van der Waals surface area contributed by atoms with Crippen LogP contribution in [0.2, 0.25) is 0 Å². The molecule has 3 amide bonds. The van der Waals surface area contributed by atoms with Gasteiger partial charge in [0.15, 0.2) is 11.3 Å². The molecule has 0 bridgehead atoms. The van der Waals surface area contributed by atoms with Crippen LogP contribution in [0.3, 0.4) is 0 Å². The van der Waals surface area contributed by atoms with Crippen LogP contribution in [0.5, 0.6) is 0 Å². The number of nitrogens with one attached hydrogen (secondary N) is 2. The number of halogens is 2. The van der Waals surface area contributed by atoms with E-state index < -0.39 is 24.1 Å². The number of ether oxygens (including phenoxy) is 1.